The maximum Gasteiger partial charge on any atom is 0.313 e. The Bertz CT molecular complexity index is 1390. The maximum absolute atomic E-state index is 15.6. The molecule has 0 aromatic heterocycles. The number of carbonyl (C=O) groups is 2. The lowest BCUT2D eigenvalue weighted by Crippen LogP contribution is -2.51. The van der Waals surface area contributed by atoms with E-state index >= 15 is 8.78 Å². The van der Waals surface area contributed by atoms with E-state index in [-0.39, 0.29) is 43.1 Å². The molecule has 1 amide bonds. The van der Waals surface area contributed by atoms with Crippen LogP contribution in [0.2, 0.25) is 0 Å². The highest BCUT2D eigenvalue weighted by atomic mass is 19.1. The summed E-state index contributed by atoms with van der Waals surface area (Å²) in [5.41, 5.74) is -1.05. The zero-order chi connectivity index (χ0) is 29.9. The zero-order valence-electron chi connectivity index (χ0n) is 24.2. The summed E-state index contributed by atoms with van der Waals surface area (Å²) < 4.78 is 37.2. The Labute approximate surface area is 245 Å². The molecule has 0 unspecified atom stereocenters. The minimum absolute atomic E-state index is 0.0268. The molecule has 226 valence electrons. The van der Waals surface area contributed by atoms with E-state index in [0.717, 1.165) is 38.5 Å². The van der Waals surface area contributed by atoms with Crippen molar-refractivity contribution in [2.75, 3.05) is 6.54 Å². The van der Waals surface area contributed by atoms with Crippen molar-refractivity contribution in [1.29, 1.82) is 0 Å². The number of aliphatic hydroxyl groups is 1. The predicted molar refractivity (Wildman–Crippen MR) is 154 cm³/mol. The van der Waals surface area contributed by atoms with Crippen LogP contribution in [-0.4, -0.2) is 58.1 Å². The van der Waals surface area contributed by atoms with Gasteiger partial charge in [-0.1, -0.05) is 24.6 Å². The number of alkyl halides is 1. The fourth-order valence-corrected chi connectivity index (χ4v) is 7.04. The van der Waals surface area contributed by atoms with E-state index in [1.165, 1.54) is 6.07 Å². The molecule has 4 aliphatic rings. The first kappa shape index (κ1) is 29.1. The van der Waals surface area contributed by atoms with E-state index in [9.17, 15) is 19.8 Å². The Morgan fingerprint density at radius 1 is 1.10 bits per heavy atom. The molecule has 1 spiro atoms. The van der Waals surface area contributed by atoms with Crippen molar-refractivity contribution >= 4 is 11.9 Å². The summed E-state index contributed by atoms with van der Waals surface area (Å²) in [5, 5.41) is 26.6. The lowest BCUT2D eigenvalue weighted by molar-refractivity contribution is -0.142. The quantitative estimate of drug-likeness (QED) is 0.344. The molecule has 4 N–H and O–H groups in total. The largest absolute Gasteiger partial charge is 0.490 e. The smallest absolute Gasteiger partial charge is 0.313 e. The molecule has 42 heavy (non-hydrogen) atoms. The van der Waals surface area contributed by atoms with Gasteiger partial charge in [0.25, 0.3) is 5.91 Å². The second-order valence-electron chi connectivity index (χ2n) is 13.5. The number of hydrogen-bond donors (Lipinski definition) is 4. The van der Waals surface area contributed by atoms with E-state index in [4.69, 9.17) is 4.74 Å². The third-order valence-corrected chi connectivity index (χ3v) is 10.3. The average molecular weight is 583 g/mol. The number of benzene rings is 2. The van der Waals surface area contributed by atoms with Gasteiger partial charge >= 0.3 is 5.97 Å². The second-order valence-corrected chi connectivity index (χ2v) is 13.5. The molecule has 4 fully saturated rings. The summed E-state index contributed by atoms with van der Waals surface area (Å²) in [4.78, 5) is 25.1. The number of hydrogen-bond acceptors (Lipinski definition) is 5. The van der Waals surface area contributed by atoms with E-state index in [2.05, 4.69) is 10.6 Å². The van der Waals surface area contributed by atoms with Gasteiger partial charge in [-0.25, -0.2) is 8.78 Å². The highest BCUT2D eigenvalue weighted by Gasteiger charge is 2.56. The van der Waals surface area contributed by atoms with Crippen LogP contribution < -0.4 is 15.4 Å². The molecule has 2 aromatic rings. The number of aliphatic hydroxyl groups excluding tert-OH is 1. The monoisotopic (exact) mass is 582 g/mol. The van der Waals surface area contributed by atoms with Gasteiger partial charge in [0.1, 0.15) is 17.7 Å². The van der Waals surface area contributed by atoms with Crippen LogP contribution in [0.25, 0.3) is 11.1 Å². The molecule has 9 heteroatoms. The average Bonchev–Trinajstić information content (AvgIpc) is 3.44. The van der Waals surface area contributed by atoms with Gasteiger partial charge in [0.05, 0.1) is 17.6 Å². The summed E-state index contributed by atoms with van der Waals surface area (Å²) in [6.45, 7) is 3.22. The molecule has 4 atom stereocenters. The first-order valence-corrected chi connectivity index (χ1v) is 15.2. The molecule has 6 rings (SSSR count). The number of ether oxygens (including phenoxy) is 1. The summed E-state index contributed by atoms with van der Waals surface area (Å²) in [7, 11) is 0. The van der Waals surface area contributed by atoms with Crippen molar-refractivity contribution in [3.63, 3.8) is 0 Å². The number of carboxylic acids is 1. The number of carboxylic acid groups (broad SMARTS) is 1. The van der Waals surface area contributed by atoms with Gasteiger partial charge in [0.2, 0.25) is 5.67 Å². The van der Waals surface area contributed by atoms with Gasteiger partial charge < -0.3 is 25.6 Å². The van der Waals surface area contributed by atoms with Crippen LogP contribution in [0, 0.1) is 5.82 Å². The predicted octanol–water partition coefficient (Wildman–Crippen LogP) is 5.13. The normalized spacial score (nSPS) is 28.7. The summed E-state index contributed by atoms with van der Waals surface area (Å²) in [6.07, 6.45) is 4.81. The van der Waals surface area contributed by atoms with Gasteiger partial charge in [-0.15, -0.1) is 0 Å². The van der Waals surface area contributed by atoms with E-state index < -0.39 is 41.2 Å². The number of rotatable bonds is 8. The molecule has 1 saturated heterocycles. The molecular formula is C33H40F2N2O5. The number of carbonyl (C=O) groups excluding carboxylic acids is 1. The number of nitrogens with one attached hydrogen (secondary N) is 2. The van der Waals surface area contributed by atoms with Crippen molar-refractivity contribution in [2.24, 2.45) is 0 Å². The molecule has 0 radical (unpaired) electrons. The van der Waals surface area contributed by atoms with Crippen LogP contribution in [0.4, 0.5) is 8.78 Å². The highest BCUT2D eigenvalue weighted by molar-refractivity contribution is 5.86. The number of aliphatic carboxylic acids is 1. The Balaban J connectivity index is 1.25. The van der Waals surface area contributed by atoms with Gasteiger partial charge in [-0.3, -0.25) is 9.59 Å². The summed E-state index contributed by atoms with van der Waals surface area (Å²) in [5.74, 6) is -1.45. The van der Waals surface area contributed by atoms with Crippen LogP contribution in [0.3, 0.4) is 0 Å². The van der Waals surface area contributed by atoms with Gasteiger partial charge in [-0.05, 0) is 86.8 Å². The number of amides is 1. The van der Waals surface area contributed by atoms with Crippen molar-refractivity contribution in [1.82, 2.24) is 10.6 Å². The Kier molecular flexibility index (Phi) is 7.33. The van der Waals surface area contributed by atoms with Gasteiger partial charge in [0.15, 0.2) is 0 Å². The van der Waals surface area contributed by atoms with Crippen LogP contribution in [0.15, 0.2) is 36.4 Å². The van der Waals surface area contributed by atoms with E-state index in [0.29, 0.717) is 28.0 Å². The van der Waals surface area contributed by atoms with Crippen molar-refractivity contribution in [3.8, 4) is 16.9 Å². The fourth-order valence-electron chi connectivity index (χ4n) is 7.04. The van der Waals surface area contributed by atoms with Crippen LogP contribution in [0.1, 0.15) is 88.7 Å². The minimum atomic E-state index is -2.01. The molecule has 1 heterocycles. The highest BCUT2D eigenvalue weighted by Crippen LogP contribution is 2.47. The first-order chi connectivity index (χ1) is 19.9. The van der Waals surface area contributed by atoms with Crippen LogP contribution in [0.5, 0.6) is 5.75 Å². The van der Waals surface area contributed by atoms with E-state index in [1.54, 1.807) is 38.1 Å². The molecule has 2 aromatic carbocycles. The Morgan fingerprint density at radius 2 is 1.86 bits per heavy atom. The fraction of sp³-hybridized carbons (Fsp3) is 0.576. The first-order valence-electron chi connectivity index (χ1n) is 15.2. The van der Waals surface area contributed by atoms with Crippen molar-refractivity contribution in [2.45, 2.75) is 112 Å². The lowest BCUT2D eigenvalue weighted by Gasteiger charge is -2.38. The van der Waals surface area contributed by atoms with Gasteiger partial charge in [0, 0.05) is 36.9 Å². The lowest BCUT2D eigenvalue weighted by atomic mass is 9.74. The molecule has 3 aliphatic carbocycles. The molecule has 7 nitrogen and oxygen atoms in total. The van der Waals surface area contributed by atoms with Crippen LogP contribution in [-0.2, 0) is 15.0 Å². The summed E-state index contributed by atoms with van der Waals surface area (Å²) in [6, 6.07) is 9.46. The van der Waals surface area contributed by atoms with Crippen molar-refractivity contribution in [3.05, 3.63) is 53.3 Å². The van der Waals surface area contributed by atoms with E-state index in [1.807, 2.05) is 6.07 Å². The standard InChI is InChI=1S/C33H40F2N2O5/c1-31(2,30(40)41)20-10-11-27(23(14-20)22-8-4-9-24(34)28(22)19-6-3-7-19)42-21-15-25(26(38)16-21)37-29(39)33(35)17-32(36-18-33)12-5-13-32/h4,8-11,14,19,21,25-26,36,38H,3,5-7,12-13,15-18H2,1-2H3,(H,37,39)(H,40,41)/t21-,25-,26+,33+/m0/s1. The summed E-state index contributed by atoms with van der Waals surface area (Å²) >= 11 is 0. The van der Waals surface area contributed by atoms with Crippen LogP contribution >= 0.6 is 0 Å². The SMILES string of the molecule is CC(C)(C(=O)O)c1ccc(O[C@@H]2C[C@@H](O)[C@@H](NC(=O)[C@]3(F)CNC4(CCC4)C3)C2)c(-c2cccc(F)c2C2CCC2)c1. The van der Waals surface area contributed by atoms with Gasteiger partial charge in [-0.2, -0.15) is 0 Å². The Hall–Kier alpha value is -3.04. The zero-order valence-corrected chi connectivity index (χ0v) is 24.2. The number of halogens is 2. The topological polar surface area (TPSA) is 108 Å². The molecule has 3 saturated carbocycles. The minimum Gasteiger partial charge on any atom is -0.490 e. The maximum atomic E-state index is 15.6. The third kappa shape index (κ3) is 5.08. The Morgan fingerprint density at radius 3 is 2.48 bits per heavy atom. The molecular weight excluding hydrogens is 542 g/mol. The third-order valence-electron chi connectivity index (χ3n) is 10.3. The molecule has 0 bridgehead atoms. The molecule has 1 aliphatic heterocycles. The second kappa shape index (κ2) is 10.6. The van der Waals surface area contributed by atoms with Crippen molar-refractivity contribution < 1.29 is 33.3 Å².